The van der Waals surface area contributed by atoms with Crippen LogP contribution in [0.2, 0.25) is 0 Å². The molecular formula is C18H30N4O. The van der Waals surface area contributed by atoms with Gasteiger partial charge in [0, 0.05) is 31.6 Å². The third-order valence-corrected chi connectivity index (χ3v) is 5.25. The fraction of sp³-hybridized carbons (Fsp3) is 0.778. The molecule has 0 aromatic carbocycles. The molecule has 128 valence electrons. The second-order valence-corrected chi connectivity index (χ2v) is 7.69. The highest BCUT2D eigenvalue weighted by Gasteiger charge is 2.41. The highest BCUT2D eigenvalue weighted by Crippen LogP contribution is 2.36. The van der Waals surface area contributed by atoms with Crippen LogP contribution >= 0.6 is 0 Å². The van der Waals surface area contributed by atoms with E-state index in [1.54, 1.807) is 0 Å². The van der Waals surface area contributed by atoms with E-state index in [0.29, 0.717) is 11.3 Å². The van der Waals surface area contributed by atoms with Crippen LogP contribution in [-0.4, -0.2) is 46.8 Å². The summed E-state index contributed by atoms with van der Waals surface area (Å²) in [6.45, 7) is 11.1. The Hall–Kier alpha value is -1.36. The van der Waals surface area contributed by atoms with E-state index in [-0.39, 0.29) is 5.91 Å². The Morgan fingerprint density at radius 3 is 2.91 bits per heavy atom. The topological polar surface area (TPSA) is 50.2 Å². The fourth-order valence-electron chi connectivity index (χ4n) is 4.05. The molecule has 23 heavy (non-hydrogen) atoms. The average molecular weight is 318 g/mol. The lowest BCUT2D eigenvalue weighted by molar-refractivity contribution is 0.0752. The SMILES string of the molecule is CCn1nc(CC(C)C)cc1C(=O)N1CCC2(CCCNC2)C1. The lowest BCUT2D eigenvalue weighted by Gasteiger charge is -2.33. The molecule has 1 atom stereocenters. The maximum Gasteiger partial charge on any atom is 0.272 e. The molecule has 1 unspecified atom stereocenters. The van der Waals surface area contributed by atoms with Crippen LogP contribution in [0, 0.1) is 11.3 Å². The molecule has 0 aliphatic carbocycles. The fourth-order valence-corrected chi connectivity index (χ4v) is 4.05. The second-order valence-electron chi connectivity index (χ2n) is 7.69. The Morgan fingerprint density at radius 1 is 1.43 bits per heavy atom. The number of hydrogen-bond acceptors (Lipinski definition) is 3. The lowest BCUT2D eigenvalue weighted by atomic mass is 9.80. The number of aromatic nitrogens is 2. The van der Waals surface area contributed by atoms with Crippen molar-refractivity contribution in [2.75, 3.05) is 26.2 Å². The van der Waals surface area contributed by atoms with Crippen molar-refractivity contribution in [3.8, 4) is 0 Å². The molecule has 1 spiro atoms. The molecule has 1 amide bonds. The summed E-state index contributed by atoms with van der Waals surface area (Å²) in [6, 6.07) is 2.01. The van der Waals surface area contributed by atoms with Gasteiger partial charge in [-0.15, -0.1) is 0 Å². The highest BCUT2D eigenvalue weighted by atomic mass is 16.2. The summed E-state index contributed by atoms with van der Waals surface area (Å²) in [6.07, 6.45) is 4.54. The van der Waals surface area contributed by atoms with Gasteiger partial charge in [-0.2, -0.15) is 5.10 Å². The first-order chi connectivity index (χ1) is 11.0. The van der Waals surface area contributed by atoms with Crippen LogP contribution < -0.4 is 5.32 Å². The third kappa shape index (κ3) is 3.44. The predicted molar refractivity (Wildman–Crippen MR) is 91.5 cm³/mol. The van der Waals surface area contributed by atoms with Gasteiger partial charge in [0.1, 0.15) is 5.69 Å². The molecule has 2 aliphatic rings. The monoisotopic (exact) mass is 318 g/mol. The maximum atomic E-state index is 13.0. The molecule has 3 heterocycles. The summed E-state index contributed by atoms with van der Waals surface area (Å²) in [5.41, 5.74) is 2.12. The number of rotatable bonds is 4. The van der Waals surface area contributed by atoms with Gasteiger partial charge in [-0.05, 0) is 51.1 Å². The number of amides is 1. The van der Waals surface area contributed by atoms with Gasteiger partial charge in [0.2, 0.25) is 0 Å². The van der Waals surface area contributed by atoms with Crippen molar-refractivity contribution < 1.29 is 4.79 Å². The Bertz CT molecular complexity index is 557. The lowest BCUT2D eigenvalue weighted by Crippen LogP contribution is -2.42. The number of nitrogens with one attached hydrogen (secondary N) is 1. The minimum Gasteiger partial charge on any atom is -0.337 e. The van der Waals surface area contributed by atoms with Gasteiger partial charge in [-0.3, -0.25) is 9.48 Å². The van der Waals surface area contributed by atoms with E-state index < -0.39 is 0 Å². The van der Waals surface area contributed by atoms with Crippen LogP contribution in [0.4, 0.5) is 0 Å². The normalized spacial score (nSPS) is 24.8. The third-order valence-electron chi connectivity index (χ3n) is 5.25. The Kier molecular flexibility index (Phi) is 4.76. The molecule has 1 N–H and O–H groups in total. The van der Waals surface area contributed by atoms with Crippen molar-refractivity contribution in [2.24, 2.45) is 11.3 Å². The smallest absolute Gasteiger partial charge is 0.272 e. The van der Waals surface area contributed by atoms with Gasteiger partial charge in [-0.25, -0.2) is 0 Å². The largest absolute Gasteiger partial charge is 0.337 e. The van der Waals surface area contributed by atoms with E-state index in [1.165, 1.54) is 12.8 Å². The Labute approximate surface area is 139 Å². The molecule has 0 radical (unpaired) electrons. The summed E-state index contributed by atoms with van der Waals surface area (Å²) in [5.74, 6) is 0.721. The quantitative estimate of drug-likeness (QED) is 0.927. The van der Waals surface area contributed by atoms with Crippen molar-refractivity contribution in [3.63, 3.8) is 0 Å². The Balaban J connectivity index is 1.74. The molecule has 1 aromatic rings. The van der Waals surface area contributed by atoms with Crippen LogP contribution in [-0.2, 0) is 13.0 Å². The number of carbonyl (C=O) groups is 1. The van der Waals surface area contributed by atoms with Gasteiger partial charge in [0.05, 0.1) is 5.69 Å². The highest BCUT2D eigenvalue weighted by molar-refractivity contribution is 5.93. The first kappa shape index (κ1) is 16.5. The molecule has 5 nitrogen and oxygen atoms in total. The van der Waals surface area contributed by atoms with E-state index in [4.69, 9.17) is 0 Å². The minimum absolute atomic E-state index is 0.164. The molecule has 0 saturated carbocycles. The molecular weight excluding hydrogens is 288 g/mol. The maximum absolute atomic E-state index is 13.0. The van der Waals surface area contributed by atoms with Gasteiger partial charge < -0.3 is 10.2 Å². The van der Waals surface area contributed by atoms with E-state index in [0.717, 1.165) is 57.0 Å². The molecule has 1 aromatic heterocycles. The van der Waals surface area contributed by atoms with Crippen molar-refractivity contribution in [1.29, 1.82) is 0 Å². The number of likely N-dealkylation sites (tertiary alicyclic amines) is 1. The Morgan fingerprint density at radius 2 is 2.26 bits per heavy atom. The van der Waals surface area contributed by atoms with E-state index in [9.17, 15) is 4.79 Å². The number of carbonyl (C=O) groups excluding carboxylic acids is 1. The predicted octanol–water partition coefficient (Wildman–Crippen LogP) is 2.32. The molecule has 5 heteroatoms. The zero-order chi connectivity index (χ0) is 16.4. The molecule has 2 fully saturated rings. The number of piperidine rings is 1. The van der Waals surface area contributed by atoms with Crippen LogP contribution in [0.25, 0.3) is 0 Å². The number of hydrogen-bond donors (Lipinski definition) is 1. The standard InChI is InChI=1S/C18H30N4O/c1-4-22-16(11-15(20-22)10-14(2)3)17(23)21-9-7-18(13-21)6-5-8-19-12-18/h11,14,19H,4-10,12-13H2,1-3H3. The van der Waals surface area contributed by atoms with Crippen LogP contribution in [0.3, 0.4) is 0 Å². The first-order valence-corrected chi connectivity index (χ1v) is 9.10. The second kappa shape index (κ2) is 6.63. The molecule has 0 bridgehead atoms. The number of nitrogens with zero attached hydrogens (tertiary/aromatic N) is 3. The van der Waals surface area contributed by atoms with Crippen LogP contribution in [0.15, 0.2) is 6.07 Å². The zero-order valence-corrected chi connectivity index (χ0v) is 14.8. The summed E-state index contributed by atoms with van der Waals surface area (Å²) in [7, 11) is 0. The first-order valence-electron chi connectivity index (χ1n) is 9.10. The van der Waals surface area contributed by atoms with Crippen molar-refractivity contribution in [1.82, 2.24) is 20.0 Å². The van der Waals surface area contributed by atoms with E-state index in [1.807, 2.05) is 10.7 Å². The summed E-state index contributed by atoms with van der Waals surface area (Å²) in [5, 5.41) is 8.13. The number of aryl methyl sites for hydroxylation is 1. The van der Waals surface area contributed by atoms with Crippen LogP contribution in [0.1, 0.15) is 56.2 Å². The molecule has 2 aliphatic heterocycles. The minimum atomic E-state index is 0.164. The van der Waals surface area contributed by atoms with Crippen molar-refractivity contribution >= 4 is 5.91 Å². The van der Waals surface area contributed by atoms with Gasteiger partial charge >= 0.3 is 0 Å². The van der Waals surface area contributed by atoms with Crippen molar-refractivity contribution in [3.05, 3.63) is 17.5 Å². The average Bonchev–Trinajstić information content (AvgIpc) is 3.11. The van der Waals surface area contributed by atoms with E-state index in [2.05, 4.69) is 36.1 Å². The van der Waals surface area contributed by atoms with E-state index >= 15 is 0 Å². The van der Waals surface area contributed by atoms with Gasteiger partial charge in [-0.1, -0.05) is 13.8 Å². The molecule has 2 saturated heterocycles. The summed E-state index contributed by atoms with van der Waals surface area (Å²) in [4.78, 5) is 15.0. The summed E-state index contributed by atoms with van der Waals surface area (Å²) < 4.78 is 1.88. The van der Waals surface area contributed by atoms with Crippen LogP contribution in [0.5, 0.6) is 0 Å². The van der Waals surface area contributed by atoms with Gasteiger partial charge in [0.25, 0.3) is 5.91 Å². The molecule has 3 rings (SSSR count). The van der Waals surface area contributed by atoms with Crippen molar-refractivity contribution in [2.45, 2.75) is 53.0 Å². The van der Waals surface area contributed by atoms with Gasteiger partial charge in [0.15, 0.2) is 0 Å². The summed E-state index contributed by atoms with van der Waals surface area (Å²) >= 11 is 0. The zero-order valence-electron chi connectivity index (χ0n) is 14.8.